The predicted molar refractivity (Wildman–Crippen MR) is 112 cm³/mol. The highest BCUT2D eigenvalue weighted by Gasteiger charge is 2.23. The molecule has 2 aromatic rings. The number of aromatic nitrogens is 1. The second-order valence-electron chi connectivity index (χ2n) is 7.11. The Balaban J connectivity index is 1.61. The van der Waals surface area contributed by atoms with E-state index in [0.29, 0.717) is 18.1 Å². The van der Waals surface area contributed by atoms with Gasteiger partial charge in [-0.15, -0.1) is 0 Å². The summed E-state index contributed by atoms with van der Waals surface area (Å²) in [6.07, 6.45) is 5.63. The first-order chi connectivity index (χ1) is 14.6. The molecule has 8 heteroatoms. The minimum Gasteiger partial charge on any atom is -0.493 e. The molecule has 1 aromatic carbocycles. The highest BCUT2D eigenvalue weighted by molar-refractivity contribution is 6.35. The Hall–Kier alpha value is -3.13. The average Bonchev–Trinajstić information content (AvgIpc) is 2.79. The van der Waals surface area contributed by atoms with Crippen LogP contribution >= 0.6 is 0 Å². The number of oxime groups is 1. The van der Waals surface area contributed by atoms with Gasteiger partial charge in [-0.3, -0.25) is 9.69 Å². The van der Waals surface area contributed by atoms with Crippen LogP contribution in [0.1, 0.15) is 35.2 Å². The summed E-state index contributed by atoms with van der Waals surface area (Å²) in [6, 6.07) is 9.53. The molecule has 8 nitrogen and oxygen atoms in total. The zero-order valence-electron chi connectivity index (χ0n) is 17.3. The molecule has 0 saturated carbocycles. The summed E-state index contributed by atoms with van der Waals surface area (Å²) < 4.78 is 16.6. The fourth-order valence-electron chi connectivity index (χ4n) is 3.59. The molecule has 160 valence electrons. The van der Waals surface area contributed by atoms with Crippen molar-refractivity contribution in [3.05, 3.63) is 47.7 Å². The molecule has 0 spiro atoms. The molecular weight excluding hydrogens is 386 g/mol. The molecular formula is C22H27N3O5. The SMILES string of the molecule is COc1ccc(CN2CCCCC2COc2ccc(C(=O)/C=N\O)cn2)cc1OC. The number of ketones is 1. The molecule has 1 aliphatic rings. The van der Waals surface area contributed by atoms with E-state index in [9.17, 15) is 4.79 Å². The summed E-state index contributed by atoms with van der Waals surface area (Å²) in [5.41, 5.74) is 1.50. The van der Waals surface area contributed by atoms with E-state index in [4.69, 9.17) is 19.4 Å². The number of likely N-dealkylation sites (tertiary alicyclic amines) is 1. The lowest BCUT2D eigenvalue weighted by Crippen LogP contribution is -2.42. The van der Waals surface area contributed by atoms with Gasteiger partial charge in [-0.2, -0.15) is 0 Å². The molecule has 0 aliphatic carbocycles. The minimum absolute atomic E-state index is 0.275. The Morgan fingerprint density at radius 1 is 1.23 bits per heavy atom. The number of nitrogens with zero attached hydrogens (tertiary/aromatic N) is 3. The van der Waals surface area contributed by atoms with Gasteiger partial charge in [0.1, 0.15) is 12.8 Å². The summed E-state index contributed by atoms with van der Waals surface area (Å²) in [7, 11) is 3.27. The van der Waals surface area contributed by atoms with Gasteiger partial charge in [0.2, 0.25) is 11.7 Å². The van der Waals surface area contributed by atoms with Crippen molar-refractivity contribution in [2.24, 2.45) is 5.16 Å². The second kappa shape index (κ2) is 10.6. The first-order valence-electron chi connectivity index (χ1n) is 9.90. The number of hydrogen-bond donors (Lipinski definition) is 1. The largest absolute Gasteiger partial charge is 0.493 e. The second-order valence-corrected chi connectivity index (χ2v) is 7.11. The van der Waals surface area contributed by atoms with E-state index in [-0.39, 0.29) is 6.04 Å². The monoisotopic (exact) mass is 413 g/mol. The Bertz CT molecular complexity index is 870. The first kappa shape index (κ1) is 21.6. The molecule has 30 heavy (non-hydrogen) atoms. The minimum atomic E-state index is -0.412. The van der Waals surface area contributed by atoms with Crippen LogP contribution in [-0.4, -0.2) is 60.5 Å². The van der Waals surface area contributed by atoms with Crippen molar-refractivity contribution >= 4 is 12.0 Å². The van der Waals surface area contributed by atoms with Gasteiger partial charge in [0.25, 0.3) is 0 Å². The number of rotatable bonds is 9. The maximum Gasteiger partial charge on any atom is 0.213 e. The molecule has 1 fully saturated rings. The van der Waals surface area contributed by atoms with E-state index >= 15 is 0 Å². The van der Waals surface area contributed by atoms with Crippen LogP contribution in [-0.2, 0) is 6.54 Å². The summed E-state index contributed by atoms with van der Waals surface area (Å²) in [5.74, 6) is 1.50. The standard InChI is InChI=1S/C22H27N3O5/c1-28-20-8-6-16(11-21(20)29-2)14-25-10-4-3-5-18(25)15-30-22-9-7-17(12-23-22)19(26)13-24-27/h6-9,11-13,18,27H,3-5,10,14-15H2,1-2H3/b24-13-. The fourth-order valence-corrected chi connectivity index (χ4v) is 3.59. The quantitative estimate of drug-likeness (QED) is 0.292. The molecule has 1 unspecified atom stereocenters. The van der Waals surface area contributed by atoms with Gasteiger partial charge in [0, 0.05) is 30.4 Å². The molecule has 1 aliphatic heterocycles. The van der Waals surface area contributed by atoms with Gasteiger partial charge in [0.05, 0.1) is 14.2 Å². The molecule has 1 N–H and O–H groups in total. The zero-order chi connectivity index (χ0) is 21.3. The Labute approximate surface area is 176 Å². The van der Waals surface area contributed by atoms with Crippen molar-refractivity contribution in [1.29, 1.82) is 0 Å². The summed E-state index contributed by atoms with van der Waals surface area (Å²) in [4.78, 5) is 18.2. The maximum absolute atomic E-state index is 11.7. The van der Waals surface area contributed by atoms with Crippen LogP contribution in [0.4, 0.5) is 0 Å². The number of ether oxygens (including phenoxy) is 3. The third-order valence-electron chi connectivity index (χ3n) is 5.20. The summed E-state index contributed by atoms with van der Waals surface area (Å²) >= 11 is 0. The van der Waals surface area contributed by atoms with Crippen LogP contribution in [0.15, 0.2) is 41.7 Å². The van der Waals surface area contributed by atoms with Crippen LogP contribution in [0.2, 0.25) is 0 Å². The van der Waals surface area contributed by atoms with E-state index in [2.05, 4.69) is 21.1 Å². The number of pyridine rings is 1. The fraction of sp³-hybridized carbons (Fsp3) is 0.409. The molecule has 3 rings (SSSR count). The Kier molecular flexibility index (Phi) is 7.62. The molecule has 0 radical (unpaired) electrons. The van der Waals surface area contributed by atoms with Crippen molar-refractivity contribution in [3.63, 3.8) is 0 Å². The number of benzene rings is 1. The highest BCUT2D eigenvalue weighted by atomic mass is 16.5. The number of methoxy groups -OCH3 is 2. The van der Waals surface area contributed by atoms with Crippen molar-refractivity contribution in [3.8, 4) is 17.4 Å². The van der Waals surface area contributed by atoms with Gasteiger partial charge in [-0.1, -0.05) is 17.6 Å². The lowest BCUT2D eigenvalue weighted by atomic mass is 10.0. The van der Waals surface area contributed by atoms with E-state index in [1.54, 1.807) is 26.4 Å². The van der Waals surface area contributed by atoms with Gasteiger partial charge in [0.15, 0.2) is 11.5 Å². The van der Waals surface area contributed by atoms with Crippen molar-refractivity contribution < 1.29 is 24.2 Å². The first-order valence-corrected chi connectivity index (χ1v) is 9.90. The van der Waals surface area contributed by atoms with Crippen LogP contribution in [0, 0.1) is 0 Å². The maximum atomic E-state index is 11.7. The Morgan fingerprint density at radius 3 is 2.77 bits per heavy atom. The molecule has 1 atom stereocenters. The van der Waals surface area contributed by atoms with Gasteiger partial charge < -0.3 is 19.4 Å². The lowest BCUT2D eigenvalue weighted by Gasteiger charge is -2.35. The number of piperidine rings is 1. The zero-order valence-corrected chi connectivity index (χ0v) is 17.3. The Morgan fingerprint density at radius 2 is 2.07 bits per heavy atom. The topological polar surface area (TPSA) is 93.5 Å². The molecule has 1 aromatic heterocycles. The predicted octanol–water partition coefficient (Wildman–Crippen LogP) is 3.18. The highest BCUT2D eigenvalue weighted by Crippen LogP contribution is 2.29. The molecule has 0 bridgehead atoms. The number of carbonyl (C=O) groups is 1. The van der Waals surface area contributed by atoms with E-state index in [1.807, 2.05) is 12.1 Å². The van der Waals surface area contributed by atoms with Crippen LogP contribution < -0.4 is 14.2 Å². The van der Waals surface area contributed by atoms with Crippen molar-refractivity contribution in [2.45, 2.75) is 31.8 Å². The normalized spacial score (nSPS) is 17.1. The lowest BCUT2D eigenvalue weighted by molar-refractivity contribution is 0.0913. The number of Topliss-reactive ketones (excluding diaryl/α,β-unsaturated/α-hetero) is 1. The van der Waals surface area contributed by atoms with Crippen molar-refractivity contribution in [2.75, 3.05) is 27.4 Å². The van der Waals surface area contributed by atoms with Gasteiger partial charge in [-0.05, 0) is 43.1 Å². The third kappa shape index (κ3) is 5.48. The van der Waals surface area contributed by atoms with Crippen LogP contribution in [0.5, 0.6) is 17.4 Å². The van der Waals surface area contributed by atoms with E-state index in [0.717, 1.165) is 55.6 Å². The van der Waals surface area contributed by atoms with Gasteiger partial charge >= 0.3 is 0 Å². The smallest absolute Gasteiger partial charge is 0.213 e. The van der Waals surface area contributed by atoms with Crippen LogP contribution in [0.3, 0.4) is 0 Å². The number of hydrogen-bond acceptors (Lipinski definition) is 8. The van der Waals surface area contributed by atoms with Crippen molar-refractivity contribution in [1.82, 2.24) is 9.88 Å². The van der Waals surface area contributed by atoms with Gasteiger partial charge in [-0.25, -0.2) is 4.98 Å². The summed E-state index contributed by atoms with van der Waals surface area (Å²) in [5, 5.41) is 11.2. The number of carbonyl (C=O) groups excluding carboxylic acids is 1. The average molecular weight is 413 g/mol. The van der Waals surface area contributed by atoms with E-state index < -0.39 is 5.78 Å². The third-order valence-corrected chi connectivity index (χ3v) is 5.20. The molecule has 2 heterocycles. The van der Waals surface area contributed by atoms with E-state index in [1.165, 1.54) is 6.20 Å². The summed E-state index contributed by atoms with van der Waals surface area (Å²) in [6.45, 7) is 2.32. The molecule has 0 amide bonds. The molecule has 1 saturated heterocycles. The van der Waals surface area contributed by atoms with Crippen LogP contribution in [0.25, 0.3) is 0 Å².